The molecule has 0 aromatic heterocycles. The van der Waals surface area contributed by atoms with Crippen LogP contribution in [0.15, 0.2) is 46.6 Å². The van der Waals surface area contributed by atoms with Crippen LogP contribution in [0.2, 0.25) is 0 Å². The lowest BCUT2D eigenvalue weighted by Gasteiger charge is -2.04. The molecule has 1 N–H and O–H groups in total. The Morgan fingerprint density at radius 1 is 1.12 bits per heavy atom. The minimum absolute atomic E-state index is 1.06. The summed E-state index contributed by atoms with van der Waals surface area (Å²) in [4.78, 5) is 0. The number of allylic oxidation sites excluding steroid dienone is 2. The molecular weight excluding hydrogens is 198 g/mol. The SMILES string of the molecule is ON=CC1=C(CCc2ccccc2)CCC1. The standard InChI is InChI=1S/C14H17NO/c16-15-11-14-8-4-7-13(14)10-9-12-5-2-1-3-6-12/h1-3,5-6,11,16H,4,7-10H2. The van der Waals surface area contributed by atoms with E-state index in [2.05, 4.69) is 29.4 Å². The fourth-order valence-electron chi connectivity index (χ4n) is 2.28. The molecule has 0 saturated carbocycles. The molecule has 1 aliphatic carbocycles. The molecule has 0 radical (unpaired) electrons. The van der Waals surface area contributed by atoms with Gasteiger partial charge in [0.1, 0.15) is 0 Å². The maximum Gasteiger partial charge on any atom is 0.0693 e. The molecule has 0 aliphatic heterocycles. The maximum absolute atomic E-state index is 8.56. The fourth-order valence-corrected chi connectivity index (χ4v) is 2.28. The fraction of sp³-hybridized carbons (Fsp3) is 0.357. The summed E-state index contributed by atoms with van der Waals surface area (Å²) in [5, 5.41) is 11.7. The number of hydrogen-bond donors (Lipinski definition) is 1. The lowest BCUT2D eigenvalue weighted by Crippen LogP contribution is -1.90. The number of rotatable bonds is 4. The number of nitrogens with zero attached hydrogens (tertiary/aromatic N) is 1. The molecule has 2 rings (SSSR count). The molecule has 0 bridgehead atoms. The van der Waals surface area contributed by atoms with Crippen LogP contribution in [0.3, 0.4) is 0 Å². The molecule has 0 spiro atoms. The first-order valence-electron chi connectivity index (χ1n) is 5.82. The van der Waals surface area contributed by atoms with Crippen LogP contribution in [0, 0.1) is 0 Å². The van der Waals surface area contributed by atoms with Crippen molar-refractivity contribution in [2.75, 3.05) is 0 Å². The van der Waals surface area contributed by atoms with Crippen LogP contribution < -0.4 is 0 Å². The van der Waals surface area contributed by atoms with E-state index in [0.717, 1.165) is 25.7 Å². The number of hydrogen-bond acceptors (Lipinski definition) is 2. The topological polar surface area (TPSA) is 32.6 Å². The molecular formula is C14H17NO. The third-order valence-electron chi connectivity index (χ3n) is 3.15. The average Bonchev–Trinajstić information content (AvgIpc) is 2.76. The second kappa shape index (κ2) is 5.50. The number of benzene rings is 1. The molecule has 0 amide bonds. The Morgan fingerprint density at radius 2 is 1.94 bits per heavy atom. The van der Waals surface area contributed by atoms with Gasteiger partial charge in [0, 0.05) is 0 Å². The van der Waals surface area contributed by atoms with Gasteiger partial charge in [0.15, 0.2) is 0 Å². The van der Waals surface area contributed by atoms with Gasteiger partial charge >= 0.3 is 0 Å². The van der Waals surface area contributed by atoms with Crippen molar-refractivity contribution in [1.29, 1.82) is 0 Å². The Kier molecular flexibility index (Phi) is 3.76. The van der Waals surface area contributed by atoms with Crippen LogP contribution in [-0.4, -0.2) is 11.4 Å². The molecule has 1 aromatic rings. The second-order valence-electron chi connectivity index (χ2n) is 4.21. The molecule has 2 heteroatoms. The zero-order chi connectivity index (χ0) is 11.2. The molecule has 0 fully saturated rings. The highest BCUT2D eigenvalue weighted by Gasteiger charge is 2.12. The van der Waals surface area contributed by atoms with Gasteiger partial charge < -0.3 is 5.21 Å². The van der Waals surface area contributed by atoms with E-state index in [1.54, 1.807) is 6.21 Å². The number of oxime groups is 1. The van der Waals surface area contributed by atoms with E-state index in [4.69, 9.17) is 5.21 Å². The van der Waals surface area contributed by atoms with Gasteiger partial charge in [-0.15, -0.1) is 0 Å². The van der Waals surface area contributed by atoms with E-state index < -0.39 is 0 Å². The van der Waals surface area contributed by atoms with Crippen LogP contribution in [0.25, 0.3) is 0 Å². The van der Waals surface area contributed by atoms with Crippen molar-refractivity contribution < 1.29 is 5.21 Å². The summed E-state index contributed by atoms with van der Waals surface area (Å²) < 4.78 is 0. The quantitative estimate of drug-likeness (QED) is 0.465. The first-order chi connectivity index (χ1) is 7.90. The summed E-state index contributed by atoms with van der Waals surface area (Å²) in [6.45, 7) is 0. The summed E-state index contributed by atoms with van der Waals surface area (Å²) in [7, 11) is 0. The van der Waals surface area contributed by atoms with Gasteiger partial charge in [-0.05, 0) is 43.2 Å². The van der Waals surface area contributed by atoms with Gasteiger partial charge in [0.05, 0.1) is 6.21 Å². The first-order valence-corrected chi connectivity index (χ1v) is 5.82. The van der Waals surface area contributed by atoms with Crippen molar-refractivity contribution in [3.8, 4) is 0 Å². The highest BCUT2D eigenvalue weighted by Crippen LogP contribution is 2.28. The zero-order valence-corrected chi connectivity index (χ0v) is 9.39. The van der Waals surface area contributed by atoms with Crippen LogP contribution in [-0.2, 0) is 6.42 Å². The average molecular weight is 215 g/mol. The molecule has 84 valence electrons. The van der Waals surface area contributed by atoms with Gasteiger partial charge in [-0.3, -0.25) is 0 Å². The van der Waals surface area contributed by atoms with Crippen molar-refractivity contribution >= 4 is 6.21 Å². The minimum Gasteiger partial charge on any atom is -0.411 e. The molecule has 0 unspecified atom stereocenters. The highest BCUT2D eigenvalue weighted by molar-refractivity contribution is 5.79. The van der Waals surface area contributed by atoms with Gasteiger partial charge in [-0.2, -0.15) is 0 Å². The molecule has 1 aromatic carbocycles. The Morgan fingerprint density at radius 3 is 2.69 bits per heavy atom. The predicted octanol–water partition coefficient (Wildman–Crippen LogP) is 3.56. The van der Waals surface area contributed by atoms with Gasteiger partial charge in [0.2, 0.25) is 0 Å². The van der Waals surface area contributed by atoms with Crippen LogP contribution in [0.4, 0.5) is 0 Å². The van der Waals surface area contributed by atoms with Crippen molar-refractivity contribution in [1.82, 2.24) is 0 Å². The number of aryl methyl sites for hydroxylation is 1. The molecule has 0 saturated heterocycles. The summed E-state index contributed by atoms with van der Waals surface area (Å²) in [5.41, 5.74) is 4.07. The van der Waals surface area contributed by atoms with E-state index in [-0.39, 0.29) is 0 Å². The first kappa shape index (κ1) is 10.9. The highest BCUT2D eigenvalue weighted by atomic mass is 16.4. The molecule has 1 aliphatic rings. The summed E-state index contributed by atoms with van der Waals surface area (Å²) in [5.74, 6) is 0. The van der Waals surface area contributed by atoms with Crippen molar-refractivity contribution in [3.05, 3.63) is 47.0 Å². The minimum atomic E-state index is 1.06. The summed E-state index contributed by atoms with van der Waals surface area (Å²) in [6.07, 6.45) is 7.20. The van der Waals surface area contributed by atoms with E-state index in [0.29, 0.717) is 0 Å². The largest absolute Gasteiger partial charge is 0.411 e. The Bertz CT molecular complexity index is 392. The normalized spacial score (nSPS) is 16.2. The van der Waals surface area contributed by atoms with E-state index in [9.17, 15) is 0 Å². The Labute approximate surface area is 96.3 Å². The van der Waals surface area contributed by atoms with Gasteiger partial charge in [-0.25, -0.2) is 0 Å². The van der Waals surface area contributed by atoms with Gasteiger partial charge in [0.25, 0.3) is 0 Å². The summed E-state index contributed by atoms with van der Waals surface area (Å²) in [6, 6.07) is 10.5. The van der Waals surface area contributed by atoms with Gasteiger partial charge in [-0.1, -0.05) is 41.1 Å². The predicted molar refractivity (Wildman–Crippen MR) is 65.9 cm³/mol. The van der Waals surface area contributed by atoms with E-state index in [1.165, 1.54) is 23.1 Å². The van der Waals surface area contributed by atoms with Crippen molar-refractivity contribution in [2.45, 2.75) is 32.1 Å². The molecule has 16 heavy (non-hydrogen) atoms. The monoisotopic (exact) mass is 215 g/mol. The lowest BCUT2D eigenvalue weighted by molar-refractivity contribution is 0.321. The Balaban J connectivity index is 1.97. The zero-order valence-electron chi connectivity index (χ0n) is 9.39. The summed E-state index contributed by atoms with van der Waals surface area (Å²) >= 11 is 0. The Hall–Kier alpha value is -1.57. The van der Waals surface area contributed by atoms with Crippen LogP contribution >= 0.6 is 0 Å². The van der Waals surface area contributed by atoms with E-state index in [1.807, 2.05) is 6.07 Å². The lowest BCUT2D eigenvalue weighted by atomic mass is 10.0. The third kappa shape index (κ3) is 2.72. The molecule has 0 heterocycles. The van der Waals surface area contributed by atoms with Crippen molar-refractivity contribution in [3.63, 3.8) is 0 Å². The third-order valence-corrected chi connectivity index (χ3v) is 3.15. The van der Waals surface area contributed by atoms with Crippen LogP contribution in [0.1, 0.15) is 31.2 Å². The smallest absolute Gasteiger partial charge is 0.0693 e. The van der Waals surface area contributed by atoms with Crippen LogP contribution in [0.5, 0.6) is 0 Å². The maximum atomic E-state index is 8.56. The molecule has 2 nitrogen and oxygen atoms in total. The molecule has 0 atom stereocenters. The second-order valence-corrected chi connectivity index (χ2v) is 4.21. The van der Waals surface area contributed by atoms with E-state index >= 15 is 0 Å². The van der Waals surface area contributed by atoms with Crippen molar-refractivity contribution in [2.24, 2.45) is 5.16 Å².